The van der Waals surface area contributed by atoms with Crippen LogP contribution >= 0.6 is 0 Å². The molecule has 0 amide bonds. The van der Waals surface area contributed by atoms with Crippen molar-refractivity contribution in [3.63, 3.8) is 0 Å². The SMILES string of the molecule is Cc1ccc(-c2nnc(-c3ccccc3)c3c(-c4ccccc4)n(-c4ccccc4)nc23)cc1. The third kappa shape index (κ3) is 3.46. The number of para-hydroxylation sites is 1. The summed E-state index contributed by atoms with van der Waals surface area (Å²) in [6.45, 7) is 2.08. The average molecular weight is 439 g/mol. The van der Waals surface area contributed by atoms with Gasteiger partial charge in [-0.1, -0.05) is 109 Å². The van der Waals surface area contributed by atoms with Crippen molar-refractivity contribution in [2.24, 2.45) is 0 Å². The number of fused-ring (bicyclic) bond motifs is 1. The maximum absolute atomic E-state index is 5.16. The van der Waals surface area contributed by atoms with Crippen LogP contribution in [0.1, 0.15) is 5.56 Å². The van der Waals surface area contributed by atoms with Gasteiger partial charge in [0.25, 0.3) is 0 Å². The molecule has 0 aliphatic heterocycles. The van der Waals surface area contributed by atoms with E-state index in [-0.39, 0.29) is 0 Å². The third-order valence-electron chi connectivity index (χ3n) is 6.02. The van der Waals surface area contributed by atoms with E-state index in [9.17, 15) is 0 Å². The Morgan fingerprint density at radius 2 is 1.06 bits per heavy atom. The Morgan fingerprint density at radius 1 is 0.529 bits per heavy atom. The Hall–Kier alpha value is -4.57. The zero-order valence-corrected chi connectivity index (χ0v) is 18.8. The Morgan fingerprint density at radius 3 is 1.71 bits per heavy atom. The van der Waals surface area contributed by atoms with Gasteiger partial charge in [-0.25, -0.2) is 4.68 Å². The lowest BCUT2D eigenvalue weighted by Gasteiger charge is -2.10. The summed E-state index contributed by atoms with van der Waals surface area (Å²) in [4.78, 5) is 0. The molecule has 0 fully saturated rings. The fraction of sp³-hybridized carbons (Fsp3) is 0.0333. The van der Waals surface area contributed by atoms with E-state index in [2.05, 4.69) is 79.7 Å². The Bertz CT molecular complexity index is 1570. The van der Waals surface area contributed by atoms with Crippen LogP contribution in [-0.2, 0) is 0 Å². The quantitative estimate of drug-likeness (QED) is 0.294. The molecule has 6 rings (SSSR count). The number of benzene rings is 4. The van der Waals surface area contributed by atoms with Crippen molar-refractivity contribution in [1.29, 1.82) is 0 Å². The molecule has 0 atom stereocenters. The molecule has 4 heteroatoms. The van der Waals surface area contributed by atoms with Crippen LogP contribution in [0.3, 0.4) is 0 Å². The Kier molecular flexibility index (Phi) is 4.96. The van der Waals surface area contributed by atoms with Crippen LogP contribution in [0.25, 0.3) is 50.4 Å². The summed E-state index contributed by atoms with van der Waals surface area (Å²) in [6.07, 6.45) is 0. The molecule has 0 saturated heterocycles. The highest BCUT2D eigenvalue weighted by atomic mass is 15.3. The molecule has 0 unspecified atom stereocenters. The zero-order chi connectivity index (χ0) is 22.9. The van der Waals surface area contributed by atoms with Crippen molar-refractivity contribution in [2.45, 2.75) is 6.92 Å². The van der Waals surface area contributed by atoms with E-state index in [1.165, 1.54) is 5.56 Å². The van der Waals surface area contributed by atoms with Crippen LogP contribution in [0.2, 0.25) is 0 Å². The number of rotatable bonds is 4. The van der Waals surface area contributed by atoms with Crippen molar-refractivity contribution in [2.75, 3.05) is 0 Å². The molecule has 0 bridgehead atoms. The molecule has 0 aliphatic rings. The van der Waals surface area contributed by atoms with Crippen LogP contribution in [0.5, 0.6) is 0 Å². The second-order valence-electron chi connectivity index (χ2n) is 8.31. The predicted molar refractivity (Wildman–Crippen MR) is 138 cm³/mol. The minimum absolute atomic E-state index is 0.779. The standard InChI is InChI=1S/C30H22N4/c1-21-17-19-23(20-18-21)28-29-26(27(31-32-28)22-11-5-2-6-12-22)30(24-13-7-3-8-14-24)34(33-29)25-15-9-4-10-16-25/h2-20H,1H3. The van der Waals surface area contributed by atoms with Gasteiger partial charge in [0, 0.05) is 16.7 Å². The summed E-state index contributed by atoms with van der Waals surface area (Å²) in [5.74, 6) is 0. The van der Waals surface area contributed by atoms with Crippen molar-refractivity contribution in [1.82, 2.24) is 20.0 Å². The van der Waals surface area contributed by atoms with E-state index in [0.29, 0.717) is 0 Å². The van der Waals surface area contributed by atoms with E-state index in [1.807, 2.05) is 47.1 Å². The average Bonchev–Trinajstić information content (AvgIpc) is 3.31. The molecule has 162 valence electrons. The molecule has 0 spiro atoms. The molecule has 0 radical (unpaired) electrons. The van der Waals surface area contributed by atoms with E-state index < -0.39 is 0 Å². The lowest BCUT2D eigenvalue weighted by molar-refractivity contribution is 0.903. The fourth-order valence-corrected chi connectivity index (χ4v) is 4.33. The van der Waals surface area contributed by atoms with Gasteiger partial charge in [-0.2, -0.15) is 5.10 Å². The van der Waals surface area contributed by atoms with Crippen molar-refractivity contribution < 1.29 is 0 Å². The second-order valence-corrected chi connectivity index (χ2v) is 8.31. The smallest absolute Gasteiger partial charge is 0.124 e. The third-order valence-corrected chi connectivity index (χ3v) is 6.02. The number of hydrogen-bond donors (Lipinski definition) is 0. The molecule has 4 nitrogen and oxygen atoms in total. The summed E-state index contributed by atoms with van der Waals surface area (Å²) >= 11 is 0. The maximum atomic E-state index is 5.16. The summed E-state index contributed by atoms with van der Waals surface area (Å²) in [5, 5.41) is 15.6. The van der Waals surface area contributed by atoms with E-state index >= 15 is 0 Å². The van der Waals surface area contributed by atoms with Gasteiger partial charge in [-0.3, -0.25) is 0 Å². The highest BCUT2D eigenvalue weighted by Gasteiger charge is 2.23. The second kappa shape index (κ2) is 8.41. The first-order chi connectivity index (χ1) is 16.8. The first-order valence-electron chi connectivity index (χ1n) is 11.3. The molecule has 6 aromatic rings. The summed E-state index contributed by atoms with van der Waals surface area (Å²) in [6, 6.07) is 39.2. The lowest BCUT2D eigenvalue weighted by Crippen LogP contribution is -1.98. The molecule has 0 N–H and O–H groups in total. The van der Waals surface area contributed by atoms with Gasteiger partial charge in [-0.15, -0.1) is 10.2 Å². The highest BCUT2D eigenvalue weighted by molar-refractivity contribution is 6.07. The van der Waals surface area contributed by atoms with Crippen molar-refractivity contribution in [3.8, 4) is 39.5 Å². The van der Waals surface area contributed by atoms with Gasteiger partial charge >= 0.3 is 0 Å². The maximum Gasteiger partial charge on any atom is 0.124 e. The number of aromatic nitrogens is 4. The van der Waals surface area contributed by atoms with Crippen molar-refractivity contribution >= 4 is 10.9 Å². The van der Waals surface area contributed by atoms with Gasteiger partial charge in [-0.05, 0) is 19.1 Å². The molecule has 0 aliphatic carbocycles. The van der Waals surface area contributed by atoms with Crippen LogP contribution in [-0.4, -0.2) is 20.0 Å². The van der Waals surface area contributed by atoms with Gasteiger partial charge in [0.05, 0.1) is 16.8 Å². The summed E-state index contributed by atoms with van der Waals surface area (Å²) in [7, 11) is 0. The van der Waals surface area contributed by atoms with Crippen molar-refractivity contribution in [3.05, 3.63) is 121 Å². The van der Waals surface area contributed by atoms with Crippen LogP contribution in [0, 0.1) is 6.92 Å². The van der Waals surface area contributed by atoms with Crippen LogP contribution in [0.15, 0.2) is 115 Å². The largest absolute Gasteiger partial charge is 0.232 e. The van der Waals surface area contributed by atoms with E-state index in [0.717, 1.165) is 50.4 Å². The monoisotopic (exact) mass is 438 g/mol. The van der Waals surface area contributed by atoms with Gasteiger partial charge in [0.2, 0.25) is 0 Å². The number of aryl methyl sites for hydroxylation is 1. The van der Waals surface area contributed by atoms with Crippen LogP contribution < -0.4 is 0 Å². The molecule has 4 aromatic carbocycles. The van der Waals surface area contributed by atoms with Gasteiger partial charge in [0.15, 0.2) is 0 Å². The number of hydrogen-bond acceptors (Lipinski definition) is 3. The molecular formula is C30H22N4. The Balaban J connectivity index is 1.76. The van der Waals surface area contributed by atoms with Gasteiger partial charge < -0.3 is 0 Å². The highest BCUT2D eigenvalue weighted by Crippen LogP contribution is 2.39. The minimum Gasteiger partial charge on any atom is -0.232 e. The molecule has 34 heavy (non-hydrogen) atoms. The predicted octanol–water partition coefficient (Wildman–Crippen LogP) is 7.12. The first kappa shape index (κ1) is 20.1. The lowest BCUT2D eigenvalue weighted by atomic mass is 10.00. The molecule has 0 saturated carbocycles. The molecule has 2 heterocycles. The van der Waals surface area contributed by atoms with Crippen LogP contribution in [0.4, 0.5) is 0 Å². The van der Waals surface area contributed by atoms with E-state index in [1.54, 1.807) is 0 Å². The normalized spacial score (nSPS) is 11.1. The Labute approximate surface area is 198 Å². The number of nitrogens with zero attached hydrogens (tertiary/aromatic N) is 4. The van der Waals surface area contributed by atoms with E-state index in [4.69, 9.17) is 15.3 Å². The fourth-order valence-electron chi connectivity index (χ4n) is 4.33. The summed E-state index contributed by atoms with van der Waals surface area (Å²) in [5.41, 5.74) is 8.73. The first-order valence-corrected chi connectivity index (χ1v) is 11.3. The minimum atomic E-state index is 0.779. The molecular weight excluding hydrogens is 416 g/mol. The topological polar surface area (TPSA) is 43.6 Å². The van der Waals surface area contributed by atoms with Gasteiger partial charge in [0.1, 0.15) is 16.9 Å². The summed E-state index contributed by atoms with van der Waals surface area (Å²) < 4.78 is 2.02. The molecule has 2 aromatic heterocycles. The zero-order valence-electron chi connectivity index (χ0n) is 18.8.